The third-order valence-corrected chi connectivity index (χ3v) is 4.81. The van der Waals surface area contributed by atoms with Crippen LogP contribution in [-0.4, -0.2) is 24.0 Å². The fourth-order valence-corrected chi connectivity index (χ4v) is 2.87. The normalized spacial score (nSPS) is 10.7. The van der Waals surface area contributed by atoms with E-state index in [0.717, 1.165) is 0 Å². The van der Waals surface area contributed by atoms with Crippen molar-refractivity contribution >= 4 is 24.0 Å². The summed E-state index contributed by atoms with van der Waals surface area (Å²) in [6.07, 6.45) is 0.294. The molecule has 0 aromatic heterocycles. The van der Waals surface area contributed by atoms with Crippen molar-refractivity contribution in [1.82, 2.24) is 0 Å². The minimum Gasteiger partial charge on any atom is -0.423 e. The van der Waals surface area contributed by atoms with Crippen molar-refractivity contribution in [1.29, 1.82) is 0 Å². The van der Waals surface area contributed by atoms with E-state index in [2.05, 4.69) is 13.2 Å². The highest BCUT2D eigenvalue weighted by molar-refractivity contribution is 6.00. The summed E-state index contributed by atoms with van der Waals surface area (Å²) in [6, 6.07) is 13.0. The number of hydrogen-bond donors (Lipinski definition) is 0. The number of ketones is 1. The Labute approximate surface area is 181 Å². The van der Waals surface area contributed by atoms with Crippen molar-refractivity contribution in [2.45, 2.75) is 32.6 Å². The first-order chi connectivity index (χ1) is 14.6. The van der Waals surface area contributed by atoms with Crippen molar-refractivity contribution in [2.75, 3.05) is 0 Å². The lowest BCUT2D eigenvalue weighted by Gasteiger charge is -2.29. The summed E-state index contributed by atoms with van der Waals surface area (Å²) in [5, 5.41) is 0. The van der Waals surface area contributed by atoms with E-state index in [9.17, 15) is 19.2 Å². The molecule has 2 aromatic carbocycles. The Balaban J connectivity index is 2.40. The summed E-state index contributed by atoms with van der Waals surface area (Å²) in [5.41, 5.74) is 0.613. The van der Waals surface area contributed by atoms with Gasteiger partial charge in [-0.05, 0) is 56.2 Å². The molecule has 0 aliphatic heterocycles. The van der Waals surface area contributed by atoms with E-state index in [-0.39, 0.29) is 23.4 Å². The summed E-state index contributed by atoms with van der Waals surface area (Å²) < 4.78 is 10.4. The maximum absolute atomic E-state index is 12.9. The zero-order valence-electron chi connectivity index (χ0n) is 17.8. The first-order valence-electron chi connectivity index (χ1n) is 9.53. The number of Topliss-reactive ketones (excluding diaryl/α,β-unsaturated/α-hetero) is 1. The minimum atomic E-state index is -1.14. The lowest BCUT2D eigenvalue weighted by molar-refractivity contribution is -0.130. The van der Waals surface area contributed by atoms with Crippen LogP contribution >= 0.6 is 0 Å². The number of carbonyl (C=O) groups is 4. The van der Waals surface area contributed by atoms with Crippen LogP contribution < -0.4 is 9.47 Å². The SMILES string of the molecule is C=C(C)C(=O)Oc1ccc(C(C)(C(=O)CC=O)c2ccc(OC(=O)C(=C)C)cc2)cc1. The first kappa shape index (κ1) is 23.5. The molecule has 0 spiro atoms. The van der Waals surface area contributed by atoms with Gasteiger partial charge in [-0.3, -0.25) is 4.79 Å². The molecule has 160 valence electrons. The van der Waals surface area contributed by atoms with Crippen molar-refractivity contribution < 1.29 is 28.7 Å². The summed E-state index contributed by atoms with van der Waals surface area (Å²) in [7, 11) is 0. The van der Waals surface area contributed by atoms with Crippen molar-refractivity contribution in [3.8, 4) is 11.5 Å². The van der Waals surface area contributed by atoms with Gasteiger partial charge in [0.15, 0.2) is 5.78 Å². The lowest BCUT2D eigenvalue weighted by atomic mass is 9.72. The zero-order chi connectivity index (χ0) is 23.2. The van der Waals surface area contributed by atoms with Gasteiger partial charge in [0.1, 0.15) is 17.8 Å². The molecule has 31 heavy (non-hydrogen) atoms. The Bertz CT molecular complexity index is 957. The Hall–Kier alpha value is -3.80. The second kappa shape index (κ2) is 9.80. The molecule has 0 radical (unpaired) electrons. The monoisotopic (exact) mass is 420 g/mol. The van der Waals surface area contributed by atoms with Crippen molar-refractivity contribution in [3.63, 3.8) is 0 Å². The fourth-order valence-electron chi connectivity index (χ4n) is 2.87. The number of benzene rings is 2. The molecule has 6 heteroatoms. The van der Waals surface area contributed by atoms with Crippen molar-refractivity contribution in [2.24, 2.45) is 0 Å². The van der Waals surface area contributed by atoms with Gasteiger partial charge in [-0.2, -0.15) is 0 Å². The van der Waals surface area contributed by atoms with Crippen molar-refractivity contribution in [3.05, 3.63) is 84.0 Å². The van der Waals surface area contributed by atoms with Crippen LogP contribution in [0.15, 0.2) is 72.8 Å². The van der Waals surface area contributed by atoms with Crippen LogP contribution in [0.2, 0.25) is 0 Å². The molecule has 0 bridgehead atoms. The van der Waals surface area contributed by atoms with Gasteiger partial charge < -0.3 is 14.3 Å². The molecule has 0 fully saturated rings. The van der Waals surface area contributed by atoms with Gasteiger partial charge in [-0.25, -0.2) is 9.59 Å². The molecule has 0 saturated carbocycles. The van der Waals surface area contributed by atoms with E-state index in [1.807, 2.05) is 0 Å². The molecule has 2 rings (SSSR count). The van der Waals surface area contributed by atoms with Gasteiger partial charge in [0.2, 0.25) is 0 Å². The molecular formula is C25H24O6. The number of esters is 2. The van der Waals surface area contributed by atoms with Crippen LogP contribution in [0.25, 0.3) is 0 Å². The topological polar surface area (TPSA) is 86.7 Å². The second-order valence-electron chi connectivity index (χ2n) is 7.31. The molecule has 0 aliphatic carbocycles. The third kappa shape index (κ3) is 5.42. The maximum Gasteiger partial charge on any atom is 0.338 e. The maximum atomic E-state index is 12.9. The highest BCUT2D eigenvalue weighted by Gasteiger charge is 2.36. The predicted octanol–water partition coefficient (Wildman–Crippen LogP) is 4.11. The minimum absolute atomic E-state index is 0.266. The average Bonchev–Trinajstić information content (AvgIpc) is 2.74. The fraction of sp³-hybridized carbons (Fsp3) is 0.200. The molecule has 0 atom stereocenters. The van der Waals surface area contributed by atoms with Crippen LogP contribution in [0.3, 0.4) is 0 Å². The van der Waals surface area contributed by atoms with Crippen LogP contribution in [0.4, 0.5) is 0 Å². The molecule has 0 aliphatic rings. The van der Waals surface area contributed by atoms with Gasteiger partial charge in [0.05, 0.1) is 11.8 Å². The van der Waals surface area contributed by atoms with Gasteiger partial charge >= 0.3 is 11.9 Å². The molecule has 2 aromatic rings. The molecule has 0 heterocycles. The number of carbonyl (C=O) groups excluding carboxylic acids is 4. The van der Waals surface area contributed by atoms with Crippen LogP contribution in [0, 0.1) is 0 Å². The largest absolute Gasteiger partial charge is 0.423 e. The van der Waals surface area contributed by atoms with E-state index < -0.39 is 17.4 Å². The van der Waals surface area contributed by atoms with E-state index in [4.69, 9.17) is 9.47 Å². The highest BCUT2D eigenvalue weighted by Crippen LogP contribution is 2.35. The Kier molecular flexibility index (Phi) is 7.42. The Morgan fingerprint density at radius 1 is 0.806 bits per heavy atom. The second-order valence-corrected chi connectivity index (χ2v) is 7.31. The standard InChI is InChI=1S/C25H24O6/c1-16(2)23(28)30-20-10-6-18(7-11-20)25(5,22(27)14-15-26)19-8-12-21(13-9-19)31-24(29)17(3)4/h6-13,15H,1,3,14H2,2,4-5H3. The van der Waals surface area contributed by atoms with Gasteiger partial charge in [0, 0.05) is 11.1 Å². The molecular weight excluding hydrogens is 396 g/mol. The molecule has 0 N–H and O–H groups in total. The average molecular weight is 420 g/mol. The number of aldehydes is 1. The summed E-state index contributed by atoms with van der Waals surface area (Å²) in [5.74, 6) is -0.784. The summed E-state index contributed by atoms with van der Waals surface area (Å²) >= 11 is 0. The number of rotatable bonds is 9. The third-order valence-electron chi connectivity index (χ3n) is 4.81. The lowest BCUT2D eigenvalue weighted by Crippen LogP contribution is -2.34. The number of hydrogen-bond acceptors (Lipinski definition) is 6. The zero-order valence-corrected chi connectivity index (χ0v) is 17.8. The first-order valence-corrected chi connectivity index (χ1v) is 9.53. The van der Waals surface area contributed by atoms with Crippen LogP contribution in [-0.2, 0) is 24.6 Å². The van der Waals surface area contributed by atoms with E-state index in [1.165, 1.54) is 0 Å². The predicted molar refractivity (Wildman–Crippen MR) is 116 cm³/mol. The van der Waals surface area contributed by atoms with Crippen LogP contribution in [0.1, 0.15) is 38.3 Å². The molecule has 0 saturated heterocycles. The van der Waals surface area contributed by atoms with Gasteiger partial charge in [-0.15, -0.1) is 0 Å². The Morgan fingerprint density at radius 2 is 1.16 bits per heavy atom. The Morgan fingerprint density at radius 3 is 1.45 bits per heavy atom. The smallest absolute Gasteiger partial charge is 0.338 e. The quantitative estimate of drug-likeness (QED) is 0.199. The van der Waals surface area contributed by atoms with Gasteiger partial charge in [-0.1, -0.05) is 37.4 Å². The highest BCUT2D eigenvalue weighted by atomic mass is 16.5. The van der Waals surface area contributed by atoms with E-state index in [1.54, 1.807) is 69.3 Å². The summed E-state index contributed by atoms with van der Waals surface area (Å²) in [6.45, 7) is 11.9. The molecule has 0 amide bonds. The molecule has 0 unspecified atom stereocenters. The van der Waals surface area contributed by atoms with Crippen LogP contribution in [0.5, 0.6) is 11.5 Å². The molecule has 6 nitrogen and oxygen atoms in total. The van der Waals surface area contributed by atoms with E-state index >= 15 is 0 Å². The van der Waals surface area contributed by atoms with Gasteiger partial charge in [0.25, 0.3) is 0 Å². The summed E-state index contributed by atoms with van der Waals surface area (Å²) in [4.78, 5) is 47.4. The number of ether oxygens (including phenoxy) is 2. The van der Waals surface area contributed by atoms with E-state index in [0.29, 0.717) is 28.9 Å².